The summed E-state index contributed by atoms with van der Waals surface area (Å²) in [6.07, 6.45) is 1.23. The van der Waals surface area contributed by atoms with Crippen LogP contribution in [0.4, 0.5) is 0 Å². The molecule has 1 heterocycles. The smallest absolute Gasteiger partial charge is 0.311 e. The summed E-state index contributed by atoms with van der Waals surface area (Å²) in [6, 6.07) is 7.71. The van der Waals surface area contributed by atoms with E-state index in [9.17, 15) is 9.90 Å². The normalized spacial score (nSPS) is 22.9. The standard InChI is InChI=1S/C14H19NO3/c1-2-18-12-5-3-4-11(8-12)9-14(13(16)17)6-7-15-10-14/h3-5,8,15H,2,6-7,9-10H2,1H3,(H,16,17). The van der Waals surface area contributed by atoms with Crippen molar-refractivity contribution in [2.45, 2.75) is 19.8 Å². The van der Waals surface area contributed by atoms with Crippen LogP contribution >= 0.6 is 0 Å². The van der Waals surface area contributed by atoms with Gasteiger partial charge in [0.25, 0.3) is 0 Å². The highest BCUT2D eigenvalue weighted by Crippen LogP contribution is 2.31. The zero-order valence-corrected chi connectivity index (χ0v) is 10.6. The molecule has 1 fully saturated rings. The molecule has 2 rings (SSSR count). The average molecular weight is 249 g/mol. The highest BCUT2D eigenvalue weighted by Gasteiger charge is 2.41. The maximum atomic E-state index is 11.5. The van der Waals surface area contributed by atoms with Crippen molar-refractivity contribution in [1.29, 1.82) is 0 Å². The molecule has 0 amide bonds. The van der Waals surface area contributed by atoms with E-state index in [2.05, 4.69) is 5.32 Å². The molecule has 4 nitrogen and oxygen atoms in total. The molecule has 1 atom stereocenters. The van der Waals surface area contributed by atoms with Gasteiger partial charge in [0.2, 0.25) is 0 Å². The first-order valence-electron chi connectivity index (χ1n) is 6.32. The van der Waals surface area contributed by atoms with E-state index in [1.165, 1.54) is 0 Å². The molecule has 0 radical (unpaired) electrons. The van der Waals surface area contributed by atoms with Gasteiger partial charge >= 0.3 is 5.97 Å². The topological polar surface area (TPSA) is 58.6 Å². The molecule has 2 N–H and O–H groups in total. The molecular formula is C14H19NO3. The summed E-state index contributed by atoms with van der Waals surface area (Å²) in [4.78, 5) is 11.5. The molecule has 4 heteroatoms. The van der Waals surface area contributed by atoms with Crippen molar-refractivity contribution in [2.24, 2.45) is 5.41 Å². The van der Waals surface area contributed by atoms with Crippen LogP contribution in [0.25, 0.3) is 0 Å². The van der Waals surface area contributed by atoms with E-state index in [-0.39, 0.29) is 0 Å². The van der Waals surface area contributed by atoms with Crippen LogP contribution in [0.3, 0.4) is 0 Å². The van der Waals surface area contributed by atoms with Crippen LogP contribution in [0.5, 0.6) is 5.75 Å². The first kappa shape index (κ1) is 12.9. The first-order chi connectivity index (χ1) is 8.66. The van der Waals surface area contributed by atoms with Gasteiger partial charge in [-0.25, -0.2) is 0 Å². The van der Waals surface area contributed by atoms with Gasteiger partial charge in [-0.15, -0.1) is 0 Å². The van der Waals surface area contributed by atoms with Crippen molar-refractivity contribution >= 4 is 5.97 Å². The molecule has 18 heavy (non-hydrogen) atoms. The van der Waals surface area contributed by atoms with Crippen LogP contribution in [0.1, 0.15) is 18.9 Å². The van der Waals surface area contributed by atoms with E-state index in [0.29, 0.717) is 26.0 Å². The van der Waals surface area contributed by atoms with E-state index in [4.69, 9.17) is 4.74 Å². The van der Waals surface area contributed by atoms with Crippen LogP contribution in [0.2, 0.25) is 0 Å². The minimum Gasteiger partial charge on any atom is -0.494 e. The van der Waals surface area contributed by atoms with Crippen molar-refractivity contribution in [3.05, 3.63) is 29.8 Å². The van der Waals surface area contributed by atoms with Gasteiger partial charge in [-0.2, -0.15) is 0 Å². The number of hydrogen-bond donors (Lipinski definition) is 2. The Kier molecular flexibility index (Phi) is 3.87. The number of ether oxygens (including phenoxy) is 1. The summed E-state index contributed by atoms with van der Waals surface area (Å²) in [6.45, 7) is 3.88. The summed E-state index contributed by atoms with van der Waals surface area (Å²) in [7, 11) is 0. The van der Waals surface area contributed by atoms with Gasteiger partial charge in [-0.3, -0.25) is 4.79 Å². The van der Waals surface area contributed by atoms with Crippen LogP contribution in [0, 0.1) is 5.41 Å². The molecular weight excluding hydrogens is 230 g/mol. The predicted octanol–water partition coefficient (Wildman–Crippen LogP) is 1.69. The lowest BCUT2D eigenvalue weighted by atomic mass is 9.81. The Morgan fingerprint density at radius 3 is 3.00 bits per heavy atom. The van der Waals surface area contributed by atoms with Gasteiger partial charge in [0.05, 0.1) is 12.0 Å². The third-order valence-electron chi connectivity index (χ3n) is 3.45. The number of benzene rings is 1. The van der Waals surface area contributed by atoms with Crippen molar-refractivity contribution in [1.82, 2.24) is 5.32 Å². The van der Waals surface area contributed by atoms with E-state index < -0.39 is 11.4 Å². The quantitative estimate of drug-likeness (QED) is 0.833. The predicted molar refractivity (Wildman–Crippen MR) is 68.9 cm³/mol. The van der Waals surface area contributed by atoms with Gasteiger partial charge in [0.15, 0.2) is 0 Å². The van der Waals surface area contributed by atoms with Gasteiger partial charge in [0, 0.05) is 6.54 Å². The van der Waals surface area contributed by atoms with E-state index in [1.54, 1.807) is 0 Å². The Bertz CT molecular complexity index is 425. The van der Waals surface area contributed by atoms with Crippen molar-refractivity contribution in [2.75, 3.05) is 19.7 Å². The van der Waals surface area contributed by atoms with Gasteiger partial charge in [0.1, 0.15) is 5.75 Å². The van der Waals surface area contributed by atoms with Gasteiger partial charge < -0.3 is 15.2 Å². The van der Waals surface area contributed by atoms with Gasteiger partial charge in [-0.05, 0) is 44.0 Å². The lowest BCUT2D eigenvalue weighted by Crippen LogP contribution is -2.35. The lowest BCUT2D eigenvalue weighted by molar-refractivity contribution is -0.147. The number of aliphatic carboxylic acids is 1. The molecule has 1 aliphatic heterocycles. The summed E-state index contributed by atoms with van der Waals surface area (Å²) < 4.78 is 5.44. The van der Waals surface area contributed by atoms with E-state index >= 15 is 0 Å². The number of hydrogen-bond acceptors (Lipinski definition) is 3. The Labute approximate surface area is 107 Å². The Hall–Kier alpha value is -1.55. The molecule has 98 valence electrons. The molecule has 1 unspecified atom stereocenters. The molecule has 1 aliphatic rings. The molecule has 1 saturated heterocycles. The number of carbonyl (C=O) groups is 1. The fourth-order valence-corrected chi connectivity index (χ4v) is 2.46. The van der Waals surface area contributed by atoms with E-state index in [1.807, 2.05) is 31.2 Å². The summed E-state index contributed by atoms with van der Waals surface area (Å²) in [5.74, 6) is 0.0933. The third-order valence-corrected chi connectivity index (χ3v) is 3.45. The maximum Gasteiger partial charge on any atom is 0.311 e. The van der Waals surface area contributed by atoms with Crippen LogP contribution in [0.15, 0.2) is 24.3 Å². The number of rotatable bonds is 5. The Balaban J connectivity index is 2.16. The minimum atomic E-state index is -0.714. The Morgan fingerprint density at radius 1 is 1.56 bits per heavy atom. The summed E-state index contributed by atoms with van der Waals surface area (Å²) >= 11 is 0. The second-order valence-electron chi connectivity index (χ2n) is 4.77. The zero-order valence-electron chi connectivity index (χ0n) is 10.6. The number of carboxylic acids is 1. The van der Waals surface area contributed by atoms with Crippen LogP contribution < -0.4 is 10.1 Å². The first-order valence-corrected chi connectivity index (χ1v) is 6.32. The Morgan fingerprint density at radius 2 is 2.39 bits per heavy atom. The molecule has 1 aromatic rings. The van der Waals surface area contributed by atoms with Crippen molar-refractivity contribution in [3.8, 4) is 5.75 Å². The molecule has 1 aromatic carbocycles. The molecule has 0 bridgehead atoms. The second-order valence-corrected chi connectivity index (χ2v) is 4.77. The van der Waals surface area contributed by atoms with Gasteiger partial charge in [-0.1, -0.05) is 12.1 Å². The number of carboxylic acid groups (broad SMARTS) is 1. The van der Waals surface area contributed by atoms with E-state index in [0.717, 1.165) is 17.9 Å². The fourth-order valence-electron chi connectivity index (χ4n) is 2.46. The number of nitrogens with one attached hydrogen (secondary N) is 1. The fraction of sp³-hybridized carbons (Fsp3) is 0.500. The van der Waals surface area contributed by atoms with Crippen LogP contribution in [-0.2, 0) is 11.2 Å². The highest BCUT2D eigenvalue weighted by atomic mass is 16.5. The van der Waals surface area contributed by atoms with Crippen LogP contribution in [-0.4, -0.2) is 30.8 Å². The molecule has 0 aliphatic carbocycles. The minimum absolute atomic E-state index is 0.543. The van der Waals surface area contributed by atoms with Crippen molar-refractivity contribution in [3.63, 3.8) is 0 Å². The summed E-state index contributed by atoms with van der Waals surface area (Å²) in [5.41, 5.74) is 0.359. The highest BCUT2D eigenvalue weighted by molar-refractivity contribution is 5.76. The monoisotopic (exact) mass is 249 g/mol. The second kappa shape index (κ2) is 5.40. The summed E-state index contributed by atoms with van der Waals surface area (Å²) in [5, 5.41) is 12.6. The SMILES string of the molecule is CCOc1cccc(CC2(C(=O)O)CCNC2)c1. The molecule has 0 aromatic heterocycles. The lowest BCUT2D eigenvalue weighted by Gasteiger charge is -2.23. The third kappa shape index (κ3) is 2.64. The largest absolute Gasteiger partial charge is 0.494 e. The molecule has 0 spiro atoms. The molecule has 0 saturated carbocycles. The maximum absolute atomic E-state index is 11.5. The average Bonchev–Trinajstić information content (AvgIpc) is 2.80. The zero-order chi connectivity index (χ0) is 13.0. The van der Waals surface area contributed by atoms with Crippen molar-refractivity contribution < 1.29 is 14.6 Å².